The molecule has 2 aromatic rings. The predicted molar refractivity (Wildman–Crippen MR) is 99.4 cm³/mol. The number of nitro benzene ring substituents is 1. The second kappa shape index (κ2) is 7.34. The van der Waals surface area contributed by atoms with Crippen molar-refractivity contribution in [3.8, 4) is 11.4 Å². The zero-order valence-corrected chi connectivity index (χ0v) is 15.8. The van der Waals surface area contributed by atoms with E-state index in [0.717, 1.165) is 6.26 Å². The summed E-state index contributed by atoms with van der Waals surface area (Å²) in [7, 11) is -3.35. The van der Waals surface area contributed by atoms with Crippen LogP contribution in [0.15, 0.2) is 30.3 Å². The molecule has 2 rings (SSSR count). The molecule has 1 heterocycles. The number of aryl methyl sites for hydroxylation is 1. The third-order valence-corrected chi connectivity index (χ3v) is 4.27. The van der Waals surface area contributed by atoms with Crippen LogP contribution in [0.1, 0.15) is 19.5 Å². The maximum Gasteiger partial charge on any atom is 0.270 e. The van der Waals surface area contributed by atoms with Crippen LogP contribution in [0.25, 0.3) is 11.4 Å². The molecule has 0 spiro atoms. The summed E-state index contributed by atoms with van der Waals surface area (Å²) in [6.45, 7) is 5.58. The molecule has 0 unspecified atom stereocenters. The summed E-state index contributed by atoms with van der Waals surface area (Å²) in [6.07, 6.45) is 1.10. The number of hydrogen-bond donors (Lipinski definition) is 2. The molecule has 140 valence electrons. The summed E-state index contributed by atoms with van der Waals surface area (Å²) in [5.74, 6) is 0.854. The molecule has 0 amide bonds. The molecule has 10 heteroatoms. The van der Waals surface area contributed by atoms with Crippen molar-refractivity contribution in [3.63, 3.8) is 0 Å². The van der Waals surface area contributed by atoms with Gasteiger partial charge in [0.15, 0.2) is 5.82 Å². The number of aromatic nitrogens is 2. The second-order valence-electron chi connectivity index (χ2n) is 6.64. The van der Waals surface area contributed by atoms with Crippen molar-refractivity contribution >= 4 is 21.5 Å². The van der Waals surface area contributed by atoms with Gasteiger partial charge in [0.05, 0.1) is 11.2 Å². The first-order chi connectivity index (χ1) is 12.0. The van der Waals surface area contributed by atoms with E-state index in [9.17, 15) is 18.5 Å². The quantitative estimate of drug-likeness (QED) is 0.557. The van der Waals surface area contributed by atoms with Crippen molar-refractivity contribution in [2.24, 2.45) is 0 Å². The van der Waals surface area contributed by atoms with Gasteiger partial charge in [0.2, 0.25) is 10.0 Å². The number of sulfonamides is 1. The molecule has 0 saturated carbocycles. The summed E-state index contributed by atoms with van der Waals surface area (Å²) in [4.78, 5) is 19.2. The summed E-state index contributed by atoms with van der Waals surface area (Å²) >= 11 is 0. The molecule has 9 nitrogen and oxygen atoms in total. The Balaban J connectivity index is 2.25. The molecule has 0 saturated heterocycles. The average Bonchev–Trinajstić information content (AvgIpc) is 2.50. The van der Waals surface area contributed by atoms with E-state index in [1.54, 1.807) is 39.0 Å². The average molecular weight is 379 g/mol. The highest BCUT2D eigenvalue weighted by Crippen LogP contribution is 2.22. The Morgan fingerprint density at radius 3 is 2.54 bits per heavy atom. The van der Waals surface area contributed by atoms with E-state index in [4.69, 9.17) is 0 Å². The molecule has 0 bridgehead atoms. The fourth-order valence-corrected chi connectivity index (χ4v) is 3.47. The van der Waals surface area contributed by atoms with Gasteiger partial charge in [-0.25, -0.2) is 23.1 Å². The third kappa shape index (κ3) is 5.74. The van der Waals surface area contributed by atoms with Crippen LogP contribution in [0.2, 0.25) is 0 Å². The first-order valence-corrected chi connectivity index (χ1v) is 9.68. The largest absolute Gasteiger partial charge is 0.368 e. The highest BCUT2D eigenvalue weighted by Gasteiger charge is 2.22. The highest BCUT2D eigenvalue weighted by molar-refractivity contribution is 7.88. The smallest absolute Gasteiger partial charge is 0.270 e. The van der Waals surface area contributed by atoms with E-state index in [1.807, 2.05) is 0 Å². The van der Waals surface area contributed by atoms with Gasteiger partial charge < -0.3 is 5.32 Å². The van der Waals surface area contributed by atoms with Crippen molar-refractivity contribution in [3.05, 3.63) is 46.1 Å². The summed E-state index contributed by atoms with van der Waals surface area (Å²) in [6, 6.07) is 7.80. The van der Waals surface area contributed by atoms with Gasteiger partial charge in [-0.1, -0.05) is 12.1 Å². The summed E-state index contributed by atoms with van der Waals surface area (Å²) in [5, 5.41) is 14.0. The van der Waals surface area contributed by atoms with Gasteiger partial charge in [0.1, 0.15) is 5.82 Å². The number of benzene rings is 1. The molecular weight excluding hydrogens is 358 g/mol. The van der Waals surface area contributed by atoms with Crippen molar-refractivity contribution < 1.29 is 13.3 Å². The van der Waals surface area contributed by atoms with Gasteiger partial charge in [-0.15, -0.1) is 0 Å². The maximum atomic E-state index is 11.4. The van der Waals surface area contributed by atoms with Crippen molar-refractivity contribution in [1.82, 2.24) is 14.7 Å². The van der Waals surface area contributed by atoms with Crippen LogP contribution in [0.4, 0.5) is 11.5 Å². The minimum atomic E-state index is -3.35. The van der Waals surface area contributed by atoms with Gasteiger partial charge in [0, 0.05) is 41.5 Å². The van der Waals surface area contributed by atoms with Crippen LogP contribution in [0.5, 0.6) is 0 Å². The van der Waals surface area contributed by atoms with Gasteiger partial charge >= 0.3 is 0 Å². The Labute approximate surface area is 152 Å². The van der Waals surface area contributed by atoms with Gasteiger partial charge in [0.25, 0.3) is 5.69 Å². The number of anilines is 1. The van der Waals surface area contributed by atoms with Crippen molar-refractivity contribution in [1.29, 1.82) is 0 Å². The fraction of sp³-hybridized carbons (Fsp3) is 0.375. The Morgan fingerprint density at radius 1 is 1.23 bits per heavy atom. The predicted octanol–water partition coefficient (Wildman–Crippen LogP) is 2.10. The van der Waals surface area contributed by atoms with Crippen molar-refractivity contribution in [2.45, 2.75) is 26.3 Å². The van der Waals surface area contributed by atoms with E-state index in [-0.39, 0.29) is 5.69 Å². The van der Waals surface area contributed by atoms with Crippen LogP contribution in [-0.4, -0.2) is 41.6 Å². The lowest BCUT2D eigenvalue weighted by atomic mass is 10.1. The Morgan fingerprint density at radius 2 is 1.92 bits per heavy atom. The lowest BCUT2D eigenvalue weighted by Gasteiger charge is -2.25. The second-order valence-corrected chi connectivity index (χ2v) is 8.39. The molecule has 1 aromatic heterocycles. The number of nitrogens with one attached hydrogen (secondary N) is 2. The molecule has 0 fully saturated rings. The molecule has 1 aromatic carbocycles. The molecule has 0 radical (unpaired) electrons. The number of non-ortho nitro benzene ring substituents is 1. The number of nitrogens with zero attached hydrogens (tertiary/aromatic N) is 3. The van der Waals surface area contributed by atoms with Crippen LogP contribution in [0.3, 0.4) is 0 Å². The van der Waals surface area contributed by atoms with Crippen LogP contribution >= 0.6 is 0 Å². The minimum absolute atomic E-state index is 0.0411. The Kier molecular flexibility index (Phi) is 5.57. The number of rotatable bonds is 7. The van der Waals surface area contributed by atoms with Crippen LogP contribution in [-0.2, 0) is 10.0 Å². The minimum Gasteiger partial charge on any atom is -0.368 e. The lowest BCUT2D eigenvalue weighted by Crippen LogP contribution is -2.47. The van der Waals surface area contributed by atoms with E-state index in [0.29, 0.717) is 29.4 Å². The number of nitro groups is 1. The summed E-state index contributed by atoms with van der Waals surface area (Å²) < 4.78 is 25.4. The van der Waals surface area contributed by atoms with Crippen molar-refractivity contribution in [2.75, 3.05) is 18.1 Å². The molecular formula is C16H21N5O4S. The van der Waals surface area contributed by atoms with E-state index in [1.165, 1.54) is 12.1 Å². The van der Waals surface area contributed by atoms with Crippen LogP contribution in [0, 0.1) is 17.0 Å². The van der Waals surface area contributed by atoms with E-state index < -0.39 is 20.5 Å². The zero-order valence-electron chi connectivity index (χ0n) is 15.0. The standard InChI is InChI=1S/C16H21N5O4S/c1-11-8-14(17-10-16(2,3)20-26(4,24)25)19-15(18-11)12-6-5-7-13(9-12)21(22)23/h5-9,20H,10H2,1-4H3,(H,17,18,19). The molecule has 0 aliphatic carbocycles. The maximum absolute atomic E-state index is 11.4. The van der Waals surface area contributed by atoms with Crippen LogP contribution < -0.4 is 10.0 Å². The molecule has 26 heavy (non-hydrogen) atoms. The fourth-order valence-electron chi connectivity index (χ4n) is 2.40. The molecule has 2 N–H and O–H groups in total. The van der Waals surface area contributed by atoms with E-state index >= 15 is 0 Å². The topological polar surface area (TPSA) is 127 Å². The zero-order chi connectivity index (χ0) is 19.5. The third-order valence-electron chi connectivity index (χ3n) is 3.34. The van der Waals surface area contributed by atoms with E-state index in [2.05, 4.69) is 20.0 Å². The SMILES string of the molecule is Cc1cc(NCC(C)(C)NS(C)(=O)=O)nc(-c2cccc([N+](=O)[O-])c2)n1. The lowest BCUT2D eigenvalue weighted by molar-refractivity contribution is -0.384. The molecule has 0 aliphatic heterocycles. The molecule has 0 atom stereocenters. The highest BCUT2D eigenvalue weighted by atomic mass is 32.2. The number of hydrogen-bond acceptors (Lipinski definition) is 7. The Hall–Kier alpha value is -2.59. The Bertz CT molecular complexity index is 928. The van der Waals surface area contributed by atoms with Gasteiger partial charge in [-0.05, 0) is 20.8 Å². The monoisotopic (exact) mass is 379 g/mol. The van der Waals surface area contributed by atoms with Gasteiger partial charge in [-0.3, -0.25) is 10.1 Å². The van der Waals surface area contributed by atoms with Gasteiger partial charge in [-0.2, -0.15) is 0 Å². The first-order valence-electron chi connectivity index (χ1n) is 7.78. The first kappa shape index (κ1) is 19.7. The molecule has 0 aliphatic rings. The normalized spacial score (nSPS) is 12.0. The summed E-state index contributed by atoms with van der Waals surface area (Å²) in [5.41, 5.74) is 0.441.